The lowest BCUT2D eigenvalue weighted by atomic mass is 10.1. The summed E-state index contributed by atoms with van der Waals surface area (Å²) < 4.78 is 21.9. The Balaban J connectivity index is 1.73. The number of hydrogen-bond acceptors (Lipinski definition) is 5. The van der Waals surface area contributed by atoms with Crippen molar-refractivity contribution in [3.05, 3.63) is 64.2 Å². The van der Waals surface area contributed by atoms with E-state index in [9.17, 15) is 9.00 Å². The summed E-state index contributed by atoms with van der Waals surface area (Å²) in [6, 6.07) is 12.1. The van der Waals surface area contributed by atoms with Gasteiger partial charge in [-0.05, 0) is 49.6 Å². The maximum atomic E-state index is 12.9. The van der Waals surface area contributed by atoms with E-state index in [-0.39, 0.29) is 10.8 Å². The van der Waals surface area contributed by atoms with E-state index in [1.165, 1.54) is 10.9 Å². The third-order valence-corrected chi connectivity index (χ3v) is 7.02. The first kappa shape index (κ1) is 17.2. The SMILES string of the molecule is Cc1[nH]n(-c2ccc([S@@](=N)(=O)C3CC3)cn2)c(=O)c1-c1ccc(C#N)cc1. The molecule has 1 aromatic carbocycles. The van der Waals surface area contributed by atoms with E-state index in [4.69, 9.17) is 10.0 Å². The average Bonchev–Trinajstić information content (AvgIpc) is 3.49. The highest BCUT2D eigenvalue weighted by Gasteiger charge is 2.34. The third-order valence-electron chi connectivity index (χ3n) is 4.67. The molecule has 2 aromatic heterocycles. The van der Waals surface area contributed by atoms with Crippen molar-refractivity contribution in [1.29, 1.82) is 10.0 Å². The number of nitrogens with one attached hydrogen (secondary N) is 2. The van der Waals surface area contributed by atoms with Crippen LogP contribution in [0.2, 0.25) is 0 Å². The summed E-state index contributed by atoms with van der Waals surface area (Å²) in [7, 11) is -2.81. The van der Waals surface area contributed by atoms with Crippen LogP contribution in [0, 0.1) is 23.0 Å². The molecule has 1 saturated carbocycles. The normalized spacial score (nSPS) is 15.9. The molecule has 27 heavy (non-hydrogen) atoms. The molecule has 0 saturated heterocycles. The van der Waals surface area contributed by atoms with Crippen molar-refractivity contribution < 1.29 is 4.21 Å². The highest BCUT2D eigenvalue weighted by molar-refractivity contribution is 7.93. The van der Waals surface area contributed by atoms with Crippen molar-refractivity contribution in [3.8, 4) is 23.0 Å². The maximum Gasteiger partial charge on any atom is 0.280 e. The number of benzene rings is 1. The summed E-state index contributed by atoms with van der Waals surface area (Å²) in [6.07, 6.45) is 3.05. The zero-order valence-corrected chi connectivity index (χ0v) is 15.4. The number of nitriles is 1. The molecule has 0 spiro atoms. The monoisotopic (exact) mass is 379 g/mol. The molecule has 0 bridgehead atoms. The molecular formula is C19H17N5O2S. The van der Waals surface area contributed by atoms with E-state index in [0.29, 0.717) is 33.1 Å². The molecule has 2 heterocycles. The molecule has 3 aromatic rings. The summed E-state index contributed by atoms with van der Waals surface area (Å²) in [4.78, 5) is 17.5. The Kier molecular flexibility index (Phi) is 3.97. The largest absolute Gasteiger partial charge is 0.293 e. The van der Waals surface area contributed by atoms with Gasteiger partial charge in [-0.3, -0.25) is 9.89 Å². The van der Waals surface area contributed by atoms with Crippen molar-refractivity contribution in [2.24, 2.45) is 0 Å². The van der Waals surface area contributed by atoms with Gasteiger partial charge in [-0.1, -0.05) is 12.1 Å². The fourth-order valence-electron chi connectivity index (χ4n) is 3.04. The van der Waals surface area contributed by atoms with Crippen LogP contribution in [0.25, 0.3) is 16.9 Å². The first-order chi connectivity index (χ1) is 12.9. The lowest BCUT2D eigenvalue weighted by molar-refractivity contribution is 0.673. The standard InChI is InChI=1S/C19H17N5O2S/c1-12-18(14-4-2-13(10-20)3-5-14)19(25)24(23-12)17-9-8-16(11-22-17)27(21,26)15-6-7-15/h2-5,8-9,11,15,21,23H,6-7H2,1H3/t27-/m0/s1. The van der Waals surface area contributed by atoms with E-state index in [1.54, 1.807) is 43.3 Å². The van der Waals surface area contributed by atoms with Crippen molar-refractivity contribution in [1.82, 2.24) is 14.8 Å². The van der Waals surface area contributed by atoms with Gasteiger partial charge in [0.05, 0.1) is 31.8 Å². The maximum absolute atomic E-state index is 12.9. The quantitative estimate of drug-likeness (QED) is 0.725. The molecule has 4 rings (SSSR count). The van der Waals surface area contributed by atoms with Gasteiger partial charge in [0.25, 0.3) is 5.56 Å². The van der Waals surface area contributed by atoms with Crippen LogP contribution in [0.1, 0.15) is 24.1 Å². The van der Waals surface area contributed by atoms with Crippen LogP contribution in [0.5, 0.6) is 0 Å². The van der Waals surface area contributed by atoms with E-state index in [2.05, 4.69) is 16.2 Å². The number of hydrogen-bond donors (Lipinski definition) is 2. The number of aromatic nitrogens is 3. The Hall–Kier alpha value is -3.18. The van der Waals surface area contributed by atoms with Crippen molar-refractivity contribution in [2.75, 3.05) is 0 Å². The predicted molar refractivity (Wildman–Crippen MR) is 101 cm³/mol. The number of H-pyrrole nitrogens is 1. The second kappa shape index (κ2) is 6.21. The van der Waals surface area contributed by atoms with Crippen LogP contribution in [-0.2, 0) is 9.73 Å². The van der Waals surface area contributed by atoms with E-state index in [1.807, 2.05) is 0 Å². The van der Waals surface area contributed by atoms with Crippen molar-refractivity contribution >= 4 is 9.73 Å². The Labute approximate surface area is 156 Å². The Morgan fingerprint density at radius 1 is 1.26 bits per heavy atom. The molecule has 0 radical (unpaired) electrons. The summed E-state index contributed by atoms with van der Waals surface area (Å²) in [6.45, 7) is 1.80. The molecule has 136 valence electrons. The highest BCUT2D eigenvalue weighted by atomic mass is 32.2. The van der Waals surface area contributed by atoms with Crippen LogP contribution < -0.4 is 5.56 Å². The topological polar surface area (TPSA) is 115 Å². The minimum Gasteiger partial charge on any atom is -0.293 e. The molecular weight excluding hydrogens is 362 g/mol. The van der Waals surface area contributed by atoms with E-state index >= 15 is 0 Å². The predicted octanol–water partition coefficient (Wildman–Crippen LogP) is 2.98. The number of rotatable bonds is 4. The molecule has 1 aliphatic carbocycles. The second-order valence-electron chi connectivity index (χ2n) is 6.59. The van der Waals surface area contributed by atoms with Crippen LogP contribution in [0.3, 0.4) is 0 Å². The molecule has 0 amide bonds. The molecule has 0 unspecified atom stereocenters. The van der Waals surface area contributed by atoms with Gasteiger partial charge < -0.3 is 0 Å². The molecule has 2 N–H and O–H groups in total. The van der Waals surface area contributed by atoms with E-state index < -0.39 is 9.73 Å². The van der Waals surface area contributed by atoms with Gasteiger partial charge in [-0.2, -0.15) is 5.26 Å². The second-order valence-corrected chi connectivity index (χ2v) is 8.93. The van der Waals surface area contributed by atoms with Crippen molar-refractivity contribution in [2.45, 2.75) is 29.9 Å². The summed E-state index contributed by atoms with van der Waals surface area (Å²) in [5.74, 6) is 0.373. The first-order valence-electron chi connectivity index (χ1n) is 8.48. The average molecular weight is 379 g/mol. The first-order valence-corrected chi connectivity index (χ1v) is 10.1. The minimum atomic E-state index is -2.81. The van der Waals surface area contributed by atoms with E-state index in [0.717, 1.165) is 12.8 Å². The summed E-state index contributed by atoms with van der Waals surface area (Å²) in [5, 5.41) is 11.8. The van der Waals surface area contributed by atoms with Crippen LogP contribution in [0.15, 0.2) is 52.3 Å². The number of pyridine rings is 1. The van der Waals surface area contributed by atoms with Gasteiger partial charge in [0.2, 0.25) is 0 Å². The zero-order chi connectivity index (χ0) is 19.2. The molecule has 1 aliphatic rings. The number of aromatic amines is 1. The smallest absolute Gasteiger partial charge is 0.280 e. The van der Waals surface area contributed by atoms with Crippen LogP contribution in [-0.4, -0.2) is 24.2 Å². The molecule has 8 heteroatoms. The lowest BCUT2D eigenvalue weighted by Gasteiger charge is -2.06. The van der Waals surface area contributed by atoms with Gasteiger partial charge in [-0.15, -0.1) is 0 Å². The van der Waals surface area contributed by atoms with Gasteiger partial charge in [0.15, 0.2) is 5.82 Å². The highest BCUT2D eigenvalue weighted by Crippen LogP contribution is 2.33. The number of nitrogens with zero attached hydrogens (tertiary/aromatic N) is 3. The molecule has 1 atom stereocenters. The van der Waals surface area contributed by atoms with Gasteiger partial charge >= 0.3 is 0 Å². The van der Waals surface area contributed by atoms with Gasteiger partial charge in [0.1, 0.15) is 0 Å². The van der Waals surface area contributed by atoms with Crippen LogP contribution >= 0.6 is 0 Å². The molecule has 0 aliphatic heterocycles. The summed E-state index contributed by atoms with van der Waals surface area (Å²) in [5.41, 5.74) is 2.17. The van der Waals surface area contributed by atoms with Gasteiger partial charge in [0, 0.05) is 17.1 Å². The Morgan fingerprint density at radius 3 is 2.52 bits per heavy atom. The Morgan fingerprint density at radius 2 is 1.96 bits per heavy atom. The van der Waals surface area contributed by atoms with Crippen LogP contribution in [0.4, 0.5) is 0 Å². The lowest BCUT2D eigenvalue weighted by Crippen LogP contribution is -2.17. The minimum absolute atomic E-state index is 0.0800. The summed E-state index contributed by atoms with van der Waals surface area (Å²) >= 11 is 0. The molecule has 1 fully saturated rings. The third kappa shape index (κ3) is 2.96. The Bertz CT molecular complexity index is 1210. The van der Waals surface area contributed by atoms with Crippen molar-refractivity contribution in [3.63, 3.8) is 0 Å². The van der Waals surface area contributed by atoms with Gasteiger partial charge in [-0.25, -0.2) is 18.7 Å². The fourth-order valence-corrected chi connectivity index (χ4v) is 4.70. The molecule has 7 nitrogen and oxygen atoms in total. The fraction of sp³-hybridized carbons (Fsp3) is 0.211. The zero-order valence-electron chi connectivity index (χ0n) is 14.6. The number of aryl methyl sites for hydroxylation is 1.